The third kappa shape index (κ3) is 6.91. The lowest BCUT2D eigenvalue weighted by atomic mass is 10.2. The Morgan fingerprint density at radius 2 is 1.89 bits per heavy atom. The molecular weight excluding hydrogens is 376 g/mol. The predicted octanol–water partition coefficient (Wildman–Crippen LogP) is 0.746. The first-order valence-corrected chi connectivity index (χ1v) is 11.2. The Morgan fingerprint density at radius 1 is 1.18 bits per heavy atom. The molecule has 1 aromatic carbocycles. The van der Waals surface area contributed by atoms with E-state index in [2.05, 4.69) is 32.7 Å². The monoisotopic (exact) mass is 406 g/mol. The molecule has 1 amide bonds. The van der Waals surface area contributed by atoms with Gasteiger partial charge < -0.3 is 15.1 Å². The molecule has 0 bridgehead atoms. The SMILES string of the molecule is C#CCNS(=O)(=O)c1cccc(C(=O)NCCCCN2CCN(CC)CC2)c1. The van der Waals surface area contributed by atoms with E-state index in [1.807, 2.05) is 0 Å². The van der Waals surface area contributed by atoms with Gasteiger partial charge in [-0.2, -0.15) is 4.72 Å². The van der Waals surface area contributed by atoms with Gasteiger partial charge in [-0.1, -0.05) is 18.9 Å². The zero-order chi connectivity index (χ0) is 20.4. The van der Waals surface area contributed by atoms with Gasteiger partial charge in [0.2, 0.25) is 10.0 Å². The maximum atomic E-state index is 12.3. The van der Waals surface area contributed by atoms with Gasteiger partial charge in [0.25, 0.3) is 5.91 Å². The van der Waals surface area contributed by atoms with E-state index >= 15 is 0 Å². The van der Waals surface area contributed by atoms with Crippen molar-refractivity contribution in [3.05, 3.63) is 29.8 Å². The normalized spacial score (nSPS) is 15.9. The van der Waals surface area contributed by atoms with E-state index in [-0.39, 0.29) is 17.3 Å². The summed E-state index contributed by atoms with van der Waals surface area (Å²) in [4.78, 5) is 17.2. The van der Waals surface area contributed by atoms with E-state index in [4.69, 9.17) is 6.42 Å². The van der Waals surface area contributed by atoms with Gasteiger partial charge >= 0.3 is 0 Å². The van der Waals surface area contributed by atoms with Crippen LogP contribution in [0.15, 0.2) is 29.2 Å². The number of piperazine rings is 1. The second kappa shape index (κ2) is 11.2. The van der Waals surface area contributed by atoms with Gasteiger partial charge in [0.1, 0.15) is 0 Å². The first kappa shape index (κ1) is 22.4. The van der Waals surface area contributed by atoms with E-state index in [1.54, 1.807) is 12.1 Å². The molecule has 7 nitrogen and oxygen atoms in total. The highest BCUT2D eigenvalue weighted by Crippen LogP contribution is 2.11. The minimum Gasteiger partial charge on any atom is -0.352 e. The molecule has 154 valence electrons. The molecule has 0 saturated carbocycles. The Balaban J connectivity index is 1.73. The minimum atomic E-state index is -3.71. The number of benzene rings is 1. The Morgan fingerprint density at radius 3 is 2.57 bits per heavy atom. The molecule has 0 atom stereocenters. The van der Waals surface area contributed by atoms with Crippen LogP contribution in [0.5, 0.6) is 0 Å². The van der Waals surface area contributed by atoms with Gasteiger partial charge in [0, 0.05) is 38.3 Å². The van der Waals surface area contributed by atoms with Crippen LogP contribution in [0.4, 0.5) is 0 Å². The molecule has 8 heteroatoms. The molecule has 0 aliphatic carbocycles. The molecule has 0 aromatic heterocycles. The zero-order valence-corrected chi connectivity index (χ0v) is 17.3. The van der Waals surface area contributed by atoms with E-state index < -0.39 is 10.0 Å². The molecule has 1 aromatic rings. The number of sulfonamides is 1. The molecule has 2 N–H and O–H groups in total. The summed E-state index contributed by atoms with van der Waals surface area (Å²) in [5.74, 6) is 1.95. The highest BCUT2D eigenvalue weighted by atomic mass is 32.2. The average Bonchev–Trinajstić information content (AvgIpc) is 2.72. The smallest absolute Gasteiger partial charge is 0.251 e. The van der Waals surface area contributed by atoms with Crippen molar-refractivity contribution in [3.63, 3.8) is 0 Å². The van der Waals surface area contributed by atoms with Crippen LogP contribution in [0.2, 0.25) is 0 Å². The first-order valence-electron chi connectivity index (χ1n) is 9.72. The van der Waals surface area contributed by atoms with Gasteiger partial charge in [-0.25, -0.2) is 8.42 Å². The number of rotatable bonds is 10. The quantitative estimate of drug-likeness (QED) is 0.443. The van der Waals surface area contributed by atoms with E-state index in [9.17, 15) is 13.2 Å². The highest BCUT2D eigenvalue weighted by molar-refractivity contribution is 7.89. The fraction of sp³-hybridized carbons (Fsp3) is 0.550. The molecule has 1 aliphatic rings. The van der Waals surface area contributed by atoms with E-state index in [0.717, 1.165) is 52.1 Å². The van der Waals surface area contributed by atoms with Crippen LogP contribution in [0.1, 0.15) is 30.1 Å². The lowest BCUT2D eigenvalue weighted by Gasteiger charge is -2.33. The van der Waals surface area contributed by atoms with Crippen molar-refractivity contribution in [1.29, 1.82) is 0 Å². The number of hydrogen-bond acceptors (Lipinski definition) is 5. The third-order valence-corrected chi connectivity index (χ3v) is 6.27. The number of nitrogens with one attached hydrogen (secondary N) is 2. The van der Waals surface area contributed by atoms with Gasteiger partial charge in [-0.05, 0) is 44.1 Å². The third-order valence-electron chi connectivity index (χ3n) is 4.87. The molecule has 1 saturated heterocycles. The predicted molar refractivity (Wildman–Crippen MR) is 111 cm³/mol. The summed E-state index contributed by atoms with van der Waals surface area (Å²) in [7, 11) is -3.71. The van der Waals surface area contributed by atoms with Crippen molar-refractivity contribution in [2.45, 2.75) is 24.7 Å². The van der Waals surface area contributed by atoms with Crippen LogP contribution < -0.4 is 10.0 Å². The summed E-state index contributed by atoms with van der Waals surface area (Å²) in [6.45, 7) is 9.30. The lowest BCUT2D eigenvalue weighted by Crippen LogP contribution is -2.46. The van der Waals surface area contributed by atoms with Crippen LogP contribution in [0.25, 0.3) is 0 Å². The standard InChI is InChI=1S/C20H30N4O3S/c1-3-10-22-28(26,27)19-9-7-8-18(17-19)20(25)21-11-5-6-12-24-15-13-23(4-2)14-16-24/h1,7-9,17,22H,4-6,10-16H2,2H3,(H,21,25). The van der Waals surface area contributed by atoms with Gasteiger partial charge in [0.15, 0.2) is 0 Å². The number of unbranched alkanes of at least 4 members (excludes halogenated alkanes) is 1. The van der Waals surface area contributed by atoms with Crippen LogP contribution >= 0.6 is 0 Å². The van der Waals surface area contributed by atoms with Crippen LogP contribution in [0.3, 0.4) is 0 Å². The van der Waals surface area contributed by atoms with Crippen molar-refractivity contribution in [1.82, 2.24) is 19.8 Å². The number of carbonyl (C=O) groups excluding carboxylic acids is 1. The van der Waals surface area contributed by atoms with E-state index in [0.29, 0.717) is 12.1 Å². The summed E-state index contributed by atoms with van der Waals surface area (Å²) in [6.07, 6.45) is 7.00. The van der Waals surface area contributed by atoms with Crippen molar-refractivity contribution in [2.75, 3.05) is 52.4 Å². The topological polar surface area (TPSA) is 81.7 Å². The average molecular weight is 407 g/mol. The fourth-order valence-corrected chi connectivity index (χ4v) is 4.10. The summed E-state index contributed by atoms with van der Waals surface area (Å²) in [6, 6.07) is 5.95. The fourth-order valence-electron chi connectivity index (χ4n) is 3.12. The first-order chi connectivity index (χ1) is 13.5. The van der Waals surface area contributed by atoms with E-state index in [1.165, 1.54) is 12.1 Å². The summed E-state index contributed by atoms with van der Waals surface area (Å²) in [5, 5.41) is 2.86. The second-order valence-corrected chi connectivity index (χ2v) is 8.56. The number of likely N-dealkylation sites (N-methyl/N-ethyl adjacent to an activating group) is 1. The van der Waals surface area contributed by atoms with Crippen molar-refractivity contribution in [2.24, 2.45) is 0 Å². The molecular formula is C20H30N4O3S. The number of carbonyl (C=O) groups is 1. The molecule has 28 heavy (non-hydrogen) atoms. The Labute approximate surface area is 168 Å². The Bertz CT molecular complexity index is 781. The molecule has 1 fully saturated rings. The number of nitrogens with zero attached hydrogens (tertiary/aromatic N) is 2. The zero-order valence-electron chi connectivity index (χ0n) is 16.5. The van der Waals surface area contributed by atoms with Crippen molar-refractivity contribution >= 4 is 15.9 Å². The summed E-state index contributed by atoms with van der Waals surface area (Å²) in [5.41, 5.74) is 0.319. The minimum absolute atomic E-state index is 0.0293. The van der Waals surface area contributed by atoms with Crippen molar-refractivity contribution in [3.8, 4) is 12.3 Å². The Kier molecular flexibility index (Phi) is 8.93. The van der Waals surface area contributed by atoms with Gasteiger partial charge in [-0.15, -0.1) is 6.42 Å². The maximum Gasteiger partial charge on any atom is 0.251 e. The van der Waals surface area contributed by atoms with Crippen molar-refractivity contribution < 1.29 is 13.2 Å². The Hall–Kier alpha value is -1.92. The lowest BCUT2D eigenvalue weighted by molar-refractivity contribution is 0.0951. The molecule has 2 rings (SSSR count). The maximum absolute atomic E-state index is 12.3. The van der Waals surface area contributed by atoms with Gasteiger partial charge in [0.05, 0.1) is 11.4 Å². The van der Waals surface area contributed by atoms with Gasteiger partial charge in [-0.3, -0.25) is 4.79 Å². The molecule has 1 aliphatic heterocycles. The van der Waals surface area contributed by atoms with Crippen LogP contribution in [-0.4, -0.2) is 76.5 Å². The summed E-state index contributed by atoms with van der Waals surface area (Å²) >= 11 is 0. The van der Waals surface area contributed by atoms with Crippen LogP contribution in [0, 0.1) is 12.3 Å². The largest absolute Gasteiger partial charge is 0.352 e. The second-order valence-electron chi connectivity index (χ2n) is 6.80. The molecule has 0 radical (unpaired) electrons. The number of terminal acetylenes is 1. The number of hydrogen-bond donors (Lipinski definition) is 2. The van der Waals surface area contributed by atoms with Crippen LogP contribution in [-0.2, 0) is 10.0 Å². The molecule has 0 spiro atoms. The highest BCUT2D eigenvalue weighted by Gasteiger charge is 2.16. The molecule has 1 heterocycles. The number of amides is 1. The summed E-state index contributed by atoms with van der Waals surface area (Å²) < 4.78 is 26.5. The molecule has 0 unspecified atom stereocenters.